The van der Waals surface area contributed by atoms with E-state index in [1.807, 2.05) is 0 Å². The molecule has 3 N–H and O–H groups in total. The van der Waals surface area contributed by atoms with Gasteiger partial charge in [0.2, 0.25) is 23.7 Å². The number of rotatable bonds is 7. The molecule has 0 spiro atoms. The summed E-state index contributed by atoms with van der Waals surface area (Å²) in [6.45, 7) is 1.52. The van der Waals surface area contributed by atoms with Crippen molar-refractivity contribution in [3.8, 4) is 23.2 Å². The third kappa shape index (κ3) is 6.52. The number of alkyl halides is 1. The molecular weight excluding hydrogens is 533 g/mol. The number of ether oxygens (including phenoxy) is 1. The zero-order valence-corrected chi connectivity index (χ0v) is 22.0. The minimum atomic E-state index is -1.46. The van der Waals surface area contributed by atoms with E-state index < -0.39 is 18.3 Å². The molecule has 41 heavy (non-hydrogen) atoms. The number of hydrogen-bond acceptors (Lipinski definition) is 10. The molecule has 0 saturated carbocycles. The molecule has 3 aromatic rings. The van der Waals surface area contributed by atoms with Crippen LogP contribution in [0, 0.1) is 11.3 Å². The molecule has 4 heterocycles. The summed E-state index contributed by atoms with van der Waals surface area (Å²) in [5.74, 6) is 0.453. The predicted octanol–water partition coefficient (Wildman–Crippen LogP) is 2.10. The number of anilines is 3. The zero-order chi connectivity index (χ0) is 28.9. The number of benzene rings is 1. The van der Waals surface area contributed by atoms with Crippen molar-refractivity contribution in [2.45, 2.75) is 44.5 Å². The quantitative estimate of drug-likeness (QED) is 0.389. The Morgan fingerprint density at radius 3 is 2.73 bits per heavy atom. The Kier molecular flexibility index (Phi) is 7.95. The fourth-order valence-electron chi connectivity index (χ4n) is 4.61. The Labute approximate surface area is 234 Å². The van der Waals surface area contributed by atoms with Gasteiger partial charge in [-0.05, 0) is 36.8 Å². The van der Waals surface area contributed by atoms with Gasteiger partial charge in [-0.25, -0.2) is 19.3 Å². The summed E-state index contributed by atoms with van der Waals surface area (Å²) in [5.41, 5.74) is 1.28. The maximum absolute atomic E-state index is 15.0. The highest BCUT2D eigenvalue weighted by atomic mass is 19.1. The molecular formula is C27H26FN9O4. The highest BCUT2D eigenvalue weighted by molar-refractivity contribution is 5.91. The normalized spacial score (nSPS) is 20.1. The highest BCUT2D eigenvalue weighted by Gasteiger charge is 2.37. The van der Waals surface area contributed by atoms with Crippen LogP contribution >= 0.6 is 0 Å². The van der Waals surface area contributed by atoms with E-state index in [1.165, 1.54) is 24.3 Å². The molecule has 1 aromatic carbocycles. The van der Waals surface area contributed by atoms with E-state index in [4.69, 9.17) is 4.74 Å². The number of amides is 3. The molecule has 2 aliphatic rings. The Hall–Kier alpha value is -5.19. The lowest BCUT2D eigenvalue weighted by Crippen LogP contribution is -2.53. The Bertz CT molecular complexity index is 1510. The molecule has 5 rings (SSSR count). The van der Waals surface area contributed by atoms with Gasteiger partial charge in [0.25, 0.3) is 0 Å². The van der Waals surface area contributed by atoms with Crippen LogP contribution < -0.4 is 20.7 Å². The topological polar surface area (TPSA) is 175 Å². The van der Waals surface area contributed by atoms with Gasteiger partial charge in [-0.15, -0.1) is 0 Å². The summed E-state index contributed by atoms with van der Waals surface area (Å²) < 4.78 is 20.9. The average molecular weight is 560 g/mol. The number of nitrogens with zero attached hydrogens (tertiary/aromatic N) is 6. The smallest absolute Gasteiger partial charge is 0.245 e. The molecule has 2 saturated heterocycles. The fourth-order valence-corrected chi connectivity index (χ4v) is 4.61. The van der Waals surface area contributed by atoms with Gasteiger partial charge in [0.05, 0.1) is 24.0 Å². The molecule has 0 bridgehead atoms. The van der Waals surface area contributed by atoms with Gasteiger partial charge in [0, 0.05) is 31.9 Å². The van der Waals surface area contributed by atoms with Crippen LogP contribution in [0.4, 0.5) is 21.8 Å². The van der Waals surface area contributed by atoms with E-state index in [9.17, 15) is 19.6 Å². The largest absolute Gasteiger partial charge is 0.486 e. The van der Waals surface area contributed by atoms with Gasteiger partial charge in [-0.2, -0.15) is 10.2 Å². The molecule has 0 unspecified atom stereocenters. The number of nitriles is 1. The lowest BCUT2D eigenvalue weighted by molar-refractivity contribution is -0.138. The van der Waals surface area contributed by atoms with Gasteiger partial charge in [0.1, 0.15) is 36.1 Å². The van der Waals surface area contributed by atoms with Gasteiger partial charge < -0.3 is 25.6 Å². The van der Waals surface area contributed by atoms with Crippen molar-refractivity contribution in [1.82, 2.24) is 30.2 Å². The van der Waals surface area contributed by atoms with E-state index in [0.29, 0.717) is 29.3 Å². The lowest BCUT2D eigenvalue weighted by atomic mass is 10.0. The van der Waals surface area contributed by atoms with Crippen LogP contribution in [-0.4, -0.2) is 74.0 Å². The minimum Gasteiger partial charge on any atom is -0.486 e. The molecule has 2 aliphatic heterocycles. The number of likely N-dealkylation sites (tertiary alicyclic amines) is 1. The first-order valence-electron chi connectivity index (χ1n) is 12.9. The number of aromatic nitrogens is 4. The summed E-state index contributed by atoms with van der Waals surface area (Å²) in [6.07, 6.45) is 1.47. The Balaban J connectivity index is 1.23. The summed E-state index contributed by atoms with van der Waals surface area (Å²) >= 11 is 0. The van der Waals surface area contributed by atoms with Crippen molar-refractivity contribution >= 4 is 35.2 Å². The van der Waals surface area contributed by atoms with Crippen LogP contribution in [0.25, 0.3) is 11.4 Å². The highest BCUT2D eigenvalue weighted by Crippen LogP contribution is 2.29. The van der Waals surface area contributed by atoms with Gasteiger partial charge >= 0.3 is 0 Å². The van der Waals surface area contributed by atoms with Crippen LogP contribution in [0.5, 0.6) is 5.75 Å². The summed E-state index contributed by atoms with van der Waals surface area (Å²) in [7, 11) is 0. The zero-order valence-electron chi connectivity index (χ0n) is 22.0. The van der Waals surface area contributed by atoms with Gasteiger partial charge in [-0.3, -0.25) is 14.4 Å². The van der Waals surface area contributed by atoms with Crippen molar-refractivity contribution in [3.63, 3.8) is 0 Å². The van der Waals surface area contributed by atoms with Crippen molar-refractivity contribution in [2.75, 3.05) is 23.7 Å². The maximum atomic E-state index is 15.0. The van der Waals surface area contributed by atoms with Crippen LogP contribution in [0.1, 0.15) is 31.7 Å². The van der Waals surface area contributed by atoms with Gasteiger partial charge in [-0.1, -0.05) is 0 Å². The molecule has 0 aliphatic carbocycles. The second-order valence-electron chi connectivity index (χ2n) is 9.60. The van der Waals surface area contributed by atoms with E-state index in [1.54, 1.807) is 30.3 Å². The maximum Gasteiger partial charge on any atom is 0.245 e. The second-order valence-corrected chi connectivity index (χ2v) is 9.60. The molecule has 3 atom stereocenters. The number of piperidine rings is 1. The van der Waals surface area contributed by atoms with Gasteiger partial charge in [0.15, 0.2) is 12.0 Å². The molecule has 3 amide bonds. The molecule has 0 radical (unpaired) electrons. The SMILES string of the molecule is CC(=O)Nc1ccc(Nc2ncnc(-c3ccc(O[C@H]4CCN(C(=O)[C@@H]5CCC(=O)N5)C[C@H]4F)c(C#N)c3)n2)cn1. The average Bonchev–Trinajstić information content (AvgIpc) is 3.41. The summed E-state index contributed by atoms with van der Waals surface area (Å²) in [4.78, 5) is 53.5. The van der Waals surface area contributed by atoms with Crippen LogP contribution in [0.15, 0.2) is 42.9 Å². The third-order valence-electron chi connectivity index (χ3n) is 6.62. The number of carbonyl (C=O) groups excluding carboxylic acids is 3. The van der Waals surface area contributed by atoms with Crippen molar-refractivity contribution in [1.29, 1.82) is 5.26 Å². The number of carbonyl (C=O) groups is 3. The number of hydrogen-bond donors (Lipinski definition) is 3. The van der Waals surface area contributed by atoms with Crippen molar-refractivity contribution < 1.29 is 23.5 Å². The molecule has 13 nitrogen and oxygen atoms in total. The van der Waals surface area contributed by atoms with Crippen LogP contribution in [-0.2, 0) is 14.4 Å². The summed E-state index contributed by atoms with van der Waals surface area (Å²) in [5, 5.41) is 18.0. The molecule has 14 heteroatoms. The number of nitrogens with one attached hydrogen (secondary N) is 3. The second kappa shape index (κ2) is 11.9. The minimum absolute atomic E-state index is 0.151. The van der Waals surface area contributed by atoms with Crippen LogP contribution in [0.2, 0.25) is 0 Å². The molecule has 210 valence electrons. The van der Waals surface area contributed by atoms with Crippen molar-refractivity contribution in [2.24, 2.45) is 0 Å². The number of halogens is 1. The third-order valence-corrected chi connectivity index (χ3v) is 6.62. The van der Waals surface area contributed by atoms with E-state index in [0.717, 1.165) is 0 Å². The Morgan fingerprint density at radius 1 is 1.20 bits per heavy atom. The number of pyridine rings is 1. The van der Waals surface area contributed by atoms with E-state index in [2.05, 4.69) is 42.0 Å². The molecule has 2 fully saturated rings. The first kappa shape index (κ1) is 27.4. The van der Waals surface area contributed by atoms with E-state index >= 15 is 4.39 Å². The monoisotopic (exact) mass is 559 g/mol. The predicted molar refractivity (Wildman–Crippen MR) is 143 cm³/mol. The van der Waals surface area contributed by atoms with E-state index in [-0.39, 0.29) is 60.9 Å². The first-order valence-corrected chi connectivity index (χ1v) is 12.9. The Morgan fingerprint density at radius 2 is 2.05 bits per heavy atom. The fraction of sp³-hybridized carbons (Fsp3) is 0.333. The lowest BCUT2D eigenvalue weighted by Gasteiger charge is -2.36. The standard InChI is InChI=1S/C27H26FN9O4/c1-15(38)33-23-6-3-18(12-30-23)34-27-32-14-31-25(36-27)16-2-5-21(17(10-16)11-29)41-22-8-9-37(13-19(22)28)26(40)20-4-7-24(39)35-20/h2-3,5-6,10,12,14,19-20,22H,4,7-9,13H2,1H3,(H,35,39)(H,30,33,38)(H,31,32,34,36)/t19-,20+,22+/m1/s1. The first-order chi connectivity index (χ1) is 19.8. The summed E-state index contributed by atoms with van der Waals surface area (Å²) in [6, 6.07) is 9.57. The molecule has 2 aromatic heterocycles. The van der Waals surface area contributed by atoms with Crippen LogP contribution in [0.3, 0.4) is 0 Å². The van der Waals surface area contributed by atoms with Crippen molar-refractivity contribution in [3.05, 3.63) is 48.4 Å².